The summed E-state index contributed by atoms with van der Waals surface area (Å²) in [5.74, 6) is 0.282. The van der Waals surface area contributed by atoms with Crippen molar-refractivity contribution in [3.05, 3.63) is 52.2 Å². The minimum Gasteiger partial charge on any atom is -0.354 e. The number of anilines is 1. The zero-order valence-electron chi connectivity index (χ0n) is 22.3. The van der Waals surface area contributed by atoms with Gasteiger partial charge in [0.2, 0.25) is 15.5 Å². The summed E-state index contributed by atoms with van der Waals surface area (Å²) >= 11 is 0. The van der Waals surface area contributed by atoms with Crippen molar-refractivity contribution in [1.29, 1.82) is 0 Å². The molecule has 2 aliphatic heterocycles. The number of fused-ring (bicyclic) bond motifs is 5. The van der Waals surface area contributed by atoms with E-state index in [0.29, 0.717) is 55.2 Å². The Morgan fingerprint density at radius 1 is 0.974 bits per heavy atom. The van der Waals surface area contributed by atoms with Gasteiger partial charge in [0, 0.05) is 46.3 Å². The summed E-state index contributed by atoms with van der Waals surface area (Å²) in [4.78, 5) is 36.6. The van der Waals surface area contributed by atoms with Crippen LogP contribution in [-0.4, -0.2) is 96.1 Å². The lowest BCUT2D eigenvalue weighted by Gasteiger charge is -2.34. The smallest absolute Gasteiger partial charge is 0.259 e. The van der Waals surface area contributed by atoms with E-state index in [1.54, 1.807) is 12.1 Å². The van der Waals surface area contributed by atoms with Gasteiger partial charge in [-0.05, 0) is 50.2 Å². The normalized spacial score (nSPS) is 17.5. The fourth-order valence-electron chi connectivity index (χ4n) is 5.88. The van der Waals surface area contributed by atoms with Crippen molar-refractivity contribution in [2.75, 3.05) is 63.5 Å². The number of imidazole rings is 1. The van der Waals surface area contributed by atoms with Crippen molar-refractivity contribution in [3.63, 3.8) is 0 Å². The van der Waals surface area contributed by atoms with E-state index >= 15 is 0 Å². The maximum Gasteiger partial charge on any atom is 0.259 e. The first-order valence-corrected chi connectivity index (χ1v) is 15.2. The van der Waals surface area contributed by atoms with Crippen molar-refractivity contribution < 1.29 is 13.2 Å². The highest BCUT2D eigenvalue weighted by atomic mass is 32.2. The number of para-hydroxylation sites is 2. The maximum absolute atomic E-state index is 13.8. The molecule has 0 spiro atoms. The molecule has 3 aromatic heterocycles. The standard InChI is InChI=1S/C27H33N7O4S/c1-30-20-7-3-4-8-21(20)34-25-19(9-10-22(29-25)32-15-17-33(18-16-32)39(2,37)38)24(35)23(27(30)34)26(36)28-11-14-31-12-5-6-13-31/h3-4,7-10H,5-6,11-18H2,1-2H3,(H,28,36). The van der Waals surface area contributed by atoms with Gasteiger partial charge in [0.25, 0.3) is 5.91 Å². The van der Waals surface area contributed by atoms with Crippen LogP contribution in [0.4, 0.5) is 5.82 Å². The number of aromatic nitrogens is 3. The Morgan fingerprint density at radius 3 is 2.36 bits per heavy atom. The predicted octanol–water partition coefficient (Wildman–Crippen LogP) is 1.25. The highest BCUT2D eigenvalue weighted by molar-refractivity contribution is 7.88. The zero-order valence-corrected chi connectivity index (χ0v) is 23.1. The van der Waals surface area contributed by atoms with E-state index in [2.05, 4.69) is 10.2 Å². The molecule has 0 bridgehead atoms. The van der Waals surface area contributed by atoms with Crippen molar-refractivity contribution in [3.8, 4) is 0 Å². The summed E-state index contributed by atoms with van der Waals surface area (Å²) in [5.41, 5.74) is 2.46. The summed E-state index contributed by atoms with van der Waals surface area (Å²) in [6.07, 6.45) is 3.58. The van der Waals surface area contributed by atoms with Gasteiger partial charge in [-0.25, -0.2) is 13.4 Å². The number of likely N-dealkylation sites (tertiary alicyclic amines) is 1. The number of piperazine rings is 1. The molecule has 206 valence electrons. The molecule has 0 unspecified atom stereocenters. The average molecular weight is 552 g/mol. The van der Waals surface area contributed by atoms with Gasteiger partial charge in [-0.2, -0.15) is 4.31 Å². The van der Waals surface area contributed by atoms with E-state index in [0.717, 1.165) is 30.7 Å². The molecular formula is C27H33N7O4S. The second kappa shape index (κ2) is 9.92. The summed E-state index contributed by atoms with van der Waals surface area (Å²) in [6, 6.07) is 11.3. The molecule has 1 aromatic carbocycles. The van der Waals surface area contributed by atoms with Crippen LogP contribution in [-0.2, 0) is 17.1 Å². The van der Waals surface area contributed by atoms with E-state index in [9.17, 15) is 18.0 Å². The van der Waals surface area contributed by atoms with Gasteiger partial charge in [0.1, 0.15) is 17.0 Å². The topological polar surface area (TPSA) is 112 Å². The molecule has 2 aliphatic rings. The second-order valence-corrected chi connectivity index (χ2v) is 12.4. The quantitative estimate of drug-likeness (QED) is 0.384. The van der Waals surface area contributed by atoms with Crippen LogP contribution in [0.25, 0.3) is 27.7 Å². The van der Waals surface area contributed by atoms with E-state index in [1.165, 1.54) is 23.4 Å². The summed E-state index contributed by atoms with van der Waals surface area (Å²) < 4.78 is 29.1. The maximum atomic E-state index is 13.8. The van der Waals surface area contributed by atoms with Gasteiger partial charge in [0.05, 0.1) is 22.7 Å². The third kappa shape index (κ3) is 4.56. The monoisotopic (exact) mass is 551 g/mol. The number of nitrogens with zero attached hydrogens (tertiary/aromatic N) is 6. The van der Waals surface area contributed by atoms with Gasteiger partial charge in [-0.3, -0.25) is 14.0 Å². The highest BCUT2D eigenvalue weighted by Crippen LogP contribution is 2.27. The second-order valence-electron chi connectivity index (χ2n) is 10.4. The van der Waals surface area contributed by atoms with E-state index in [1.807, 2.05) is 45.2 Å². The number of amides is 1. The van der Waals surface area contributed by atoms with Crippen LogP contribution in [0.5, 0.6) is 0 Å². The number of hydrogen-bond acceptors (Lipinski definition) is 7. The molecule has 2 fully saturated rings. The van der Waals surface area contributed by atoms with Gasteiger partial charge < -0.3 is 19.7 Å². The summed E-state index contributed by atoms with van der Waals surface area (Å²) in [6.45, 7) is 5.06. The summed E-state index contributed by atoms with van der Waals surface area (Å²) in [5, 5.41) is 3.35. The van der Waals surface area contributed by atoms with Crippen LogP contribution in [0.15, 0.2) is 41.2 Å². The Kier molecular flexibility index (Phi) is 6.56. The molecule has 12 heteroatoms. The van der Waals surface area contributed by atoms with Gasteiger partial charge >= 0.3 is 0 Å². The van der Waals surface area contributed by atoms with Crippen molar-refractivity contribution in [1.82, 2.24) is 28.5 Å². The molecule has 6 rings (SSSR count). The molecule has 39 heavy (non-hydrogen) atoms. The summed E-state index contributed by atoms with van der Waals surface area (Å²) in [7, 11) is -1.39. The number of rotatable bonds is 6. The van der Waals surface area contributed by atoms with Gasteiger partial charge in [-0.15, -0.1) is 0 Å². The number of pyridine rings is 2. The Bertz CT molecular complexity index is 1750. The molecule has 0 radical (unpaired) electrons. The first-order valence-electron chi connectivity index (χ1n) is 13.4. The molecule has 1 N–H and O–H groups in total. The SMILES string of the molecule is Cn1c2ccccc2n2c3nc(N4CCN(S(C)(=O)=O)CC4)ccc3c(=O)c(C(=O)NCCN3CCCC3)c12. The average Bonchev–Trinajstić information content (AvgIpc) is 3.55. The number of aryl methyl sites for hydroxylation is 1. The first-order chi connectivity index (χ1) is 18.7. The zero-order chi connectivity index (χ0) is 27.3. The van der Waals surface area contributed by atoms with Crippen LogP contribution in [0.3, 0.4) is 0 Å². The Balaban J connectivity index is 1.44. The number of carbonyl (C=O) groups excluding carboxylic acids is 1. The van der Waals surface area contributed by atoms with Gasteiger partial charge in [0.15, 0.2) is 5.65 Å². The lowest BCUT2D eigenvalue weighted by molar-refractivity contribution is 0.0950. The van der Waals surface area contributed by atoms with E-state index in [-0.39, 0.29) is 16.9 Å². The largest absolute Gasteiger partial charge is 0.354 e. The minimum absolute atomic E-state index is 0.110. The molecule has 1 amide bonds. The van der Waals surface area contributed by atoms with Crippen LogP contribution >= 0.6 is 0 Å². The number of benzene rings is 1. The molecule has 11 nitrogen and oxygen atoms in total. The van der Waals surface area contributed by atoms with Crippen LogP contribution in [0.2, 0.25) is 0 Å². The van der Waals surface area contributed by atoms with E-state index < -0.39 is 10.0 Å². The molecule has 2 saturated heterocycles. The molecule has 0 atom stereocenters. The number of nitrogens with one attached hydrogen (secondary N) is 1. The van der Waals surface area contributed by atoms with Crippen LogP contribution < -0.4 is 15.6 Å². The fraction of sp³-hybridized carbons (Fsp3) is 0.444. The van der Waals surface area contributed by atoms with Crippen molar-refractivity contribution in [2.24, 2.45) is 7.05 Å². The molecule has 0 saturated carbocycles. The van der Waals surface area contributed by atoms with Crippen LogP contribution in [0.1, 0.15) is 23.2 Å². The van der Waals surface area contributed by atoms with E-state index in [4.69, 9.17) is 4.98 Å². The number of hydrogen-bond donors (Lipinski definition) is 1. The number of carbonyl (C=O) groups is 1. The molecule has 5 heterocycles. The lowest BCUT2D eigenvalue weighted by Crippen LogP contribution is -2.48. The first kappa shape index (κ1) is 25.8. The molecular weight excluding hydrogens is 518 g/mol. The van der Waals surface area contributed by atoms with Crippen molar-refractivity contribution in [2.45, 2.75) is 12.8 Å². The fourth-order valence-corrected chi connectivity index (χ4v) is 6.71. The Hall–Kier alpha value is -3.48. The molecule has 4 aromatic rings. The van der Waals surface area contributed by atoms with Gasteiger partial charge in [-0.1, -0.05) is 12.1 Å². The predicted molar refractivity (Wildman–Crippen MR) is 152 cm³/mol. The Morgan fingerprint density at radius 2 is 1.67 bits per heavy atom. The van der Waals surface area contributed by atoms with Crippen LogP contribution in [0, 0.1) is 0 Å². The third-order valence-electron chi connectivity index (χ3n) is 7.95. The Labute approximate surface area is 226 Å². The third-order valence-corrected chi connectivity index (χ3v) is 9.26. The molecule has 0 aliphatic carbocycles. The number of sulfonamides is 1. The minimum atomic E-state index is -3.25. The van der Waals surface area contributed by atoms with Crippen molar-refractivity contribution >= 4 is 49.5 Å². The highest BCUT2D eigenvalue weighted by Gasteiger charge is 2.27. The lowest BCUT2D eigenvalue weighted by atomic mass is 10.1.